The fourth-order valence-corrected chi connectivity index (χ4v) is 2.09. The Labute approximate surface area is 98.0 Å². The van der Waals surface area contributed by atoms with Gasteiger partial charge < -0.3 is 15.3 Å². The van der Waals surface area contributed by atoms with Gasteiger partial charge in [0.05, 0.1) is 0 Å². The predicted octanol–water partition coefficient (Wildman–Crippen LogP) is 0.605. The van der Waals surface area contributed by atoms with Gasteiger partial charge in [0.15, 0.2) is 0 Å². The molecule has 0 heterocycles. The van der Waals surface area contributed by atoms with Gasteiger partial charge in [-0.2, -0.15) is 0 Å². The average molecular weight is 228 g/mol. The van der Waals surface area contributed by atoms with Gasteiger partial charge in [-0.3, -0.25) is 4.79 Å². The van der Waals surface area contributed by atoms with Crippen LogP contribution in [0.4, 0.5) is 0 Å². The molecule has 1 aliphatic rings. The zero-order chi connectivity index (χ0) is 12.0. The number of carbonyl (C=O) groups is 1. The monoisotopic (exact) mass is 228 g/mol. The van der Waals surface area contributed by atoms with Crippen LogP contribution in [0.2, 0.25) is 0 Å². The number of nitrogens with one attached hydrogen (secondary N) is 1. The van der Waals surface area contributed by atoms with E-state index < -0.39 is 0 Å². The van der Waals surface area contributed by atoms with Crippen molar-refractivity contribution in [1.82, 2.24) is 10.2 Å². The van der Waals surface area contributed by atoms with Crippen molar-refractivity contribution < 1.29 is 9.90 Å². The fraction of sp³-hybridized carbons (Fsp3) is 0.917. The highest BCUT2D eigenvalue weighted by Crippen LogP contribution is 2.26. The maximum Gasteiger partial charge on any atom is 0.226 e. The van der Waals surface area contributed by atoms with Crippen LogP contribution in [0, 0.1) is 5.92 Å². The molecule has 1 aliphatic carbocycles. The van der Waals surface area contributed by atoms with Crippen LogP contribution < -0.4 is 5.32 Å². The van der Waals surface area contributed by atoms with Crippen molar-refractivity contribution in [2.45, 2.75) is 38.6 Å². The van der Waals surface area contributed by atoms with Crippen LogP contribution >= 0.6 is 0 Å². The van der Waals surface area contributed by atoms with Crippen molar-refractivity contribution in [2.75, 3.05) is 26.7 Å². The molecule has 1 rings (SSSR count). The maximum atomic E-state index is 12.2. The van der Waals surface area contributed by atoms with E-state index in [1.54, 1.807) is 0 Å². The van der Waals surface area contributed by atoms with Gasteiger partial charge in [0.25, 0.3) is 0 Å². The van der Waals surface area contributed by atoms with E-state index in [0.29, 0.717) is 19.0 Å². The second kappa shape index (κ2) is 6.86. The molecule has 4 heteroatoms. The molecule has 1 atom stereocenters. The van der Waals surface area contributed by atoms with E-state index in [-0.39, 0.29) is 18.4 Å². The normalized spacial score (nSPS) is 17.9. The summed E-state index contributed by atoms with van der Waals surface area (Å²) < 4.78 is 0. The molecular weight excluding hydrogens is 204 g/mol. The number of aliphatic hydroxyl groups excluding tert-OH is 1. The van der Waals surface area contributed by atoms with Crippen molar-refractivity contribution in [3.8, 4) is 0 Å². The molecule has 0 spiro atoms. The SMILES string of the molecule is CNCC(C)C(=O)N(CCCO)C1CCC1. The number of rotatable bonds is 7. The molecule has 2 N–H and O–H groups in total. The van der Waals surface area contributed by atoms with Gasteiger partial charge in [-0.25, -0.2) is 0 Å². The summed E-state index contributed by atoms with van der Waals surface area (Å²) in [5.74, 6) is 0.261. The molecule has 16 heavy (non-hydrogen) atoms. The zero-order valence-electron chi connectivity index (χ0n) is 10.4. The summed E-state index contributed by atoms with van der Waals surface area (Å²) in [5, 5.41) is 11.9. The van der Waals surface area contributed by atoms with Crippen LogP contribution in [-0.4, -0.2) is 48.7 Å². The van der Waals surface area contributed by atoms with Gasteiger partial charge in [0.2, 0.25) is 5.91 Å². The molecule has 0 saturated heterocycles. The molecule has 94 valence electrons. The summed E-state index contributed by atoms with van der Waals surface area (Å²) >= 11 is 0. The van der Waals surface area contributed by atoms with Crippen LogP contribution in [0.5, 0.6) is 0 Å². The number of hydrogen-bond donors (Lipinski definition) is 2. The molecule has 0 aromatic heterocycles. The number of hydrogen-bond acceptors (Lipinski definition) is 3. The summed E-state index contributed by atoms with van der Waals surface area (Å²) in [6.45, 7) is 3.55. The highest BCUT2D eigenvalue weighted by atomic mass is 16.3. The van der Waals surface area contributed by atoms with Crippen LogP contribution in [0.3, 0.4) is 0 Å². The molecule has 0 radical (unpaired) electrons. The summed E-state index contributed by atoms with van der Waals surface area (Å²) in [6.07, 6.45) is 4.18. The van der Waals surface area contributed by atoms with Crippen LogP contribution in [0.15, 0.2) is 0 Å². The van der Waals surface area contributed by atoms with Crippen molar-refractivity contribution in [3.63, 3.8) is 0 Å². The van der Waals surface area contributed by atoms with Gasteiger partial charge in [-0.15, -0.1) is 0 Å². The lowest BCUT2D eigenvalue weighted by Crippen LogP contribution is -2.48. The van der Waals surface area contributed by atoms with Gasteiger partial charge in [0.1, 0.15) is 0 Å². The first-order valence-corrected chi connectivity index (χ1v) is 6.26. The van der Waals surface area contributed by atoms with Crippen LogP contribution in [0.25, 0.3) is 0 Å². The van der Waals surface area contributed by atoms with Gasteiger partial charge in [0, 0.05) is 31.7 Å². The van der Waals surface area contributed by atoms with Crippen molar-refractivity contribution in [3.05, 3.63) is 0 Å². The third-order valence-corrected chi connectivity index (χ3v) is 3.29. The summed E-state index contributed by atoms with van der Waals surface area (Å²) in [4.78, 5) is 14.2. The highest BCUT2D eigenvalue weighted by molar-refractivity contribution is 5.79. The Balaban J connectivity index is 2.49. The van der Waals surface area contributed by atoms with E-state index >= 15 is 0 Å². The number of amides is 1. The molecule has 0 aromatic rings. The lowest BCUT2D eigenvalue weighted by molar-refractivity contribution is -0.139. The number of carbonyl (C=O) groups excluding carboxylic acids is 1. The Bertz CT molecular complexity index is 217. The summed E-state index contributed by atoms with van der Waals surface area (Å²) in [5.41, 5.74) is 0. The smallest absolute Gasteiger partial charge is 0.226 e. The van der Waals surface area contributed by atoms with E-state index in [2.05, 4.69) is 5.32 Å². The first kappa shape index (κ1) is 13.5. The molecule has 4 nitrogen and oxygen atoms in total. The molecule has 1 amide bonds. The third kappa shape index (κ3) is 3.46. The minimum Gasteiger partial charge on any atom is -0.396 e. The van der Waals surface area contributed by atoms with Crippen LogP contribution in [-0.2, 0) is 4.79 Å². The molecule has 1 unspecified atom stereocenters. The summed E-state index contributed by atoms with van der Waals surface area (Å²) in [6, 6.07) is 0.429. The first-order chi connectivity index (χ1) is 7.70. The largest absolute Gasteiger partial charge is 0.396 e. The van der Waals surface area contributed by atoms with E-state index in [1.807, 2.05) is 18.9 Å². The van der Waals surface area contributed by atoms with Gasteiger partial charge >= 0.3 is 0 Å². The second-order valence-corrected chi connectivity index (χ2v) is 4.65. The molecule has 0 aromatic carbocycles. The Morgan fingerprint density at radius 2 is 2.25 bits per heavy atom. The Hall–Kier alpha value is -0.610. The minimum absolute atomic E-state index is 0.0318. The maximum absolute atomic E-state index is 12.2. The Kier molecular flexibility index (Phi) is 5.77. The van der Waals surface area contributed by atoms with Crippen molar-refractivity contribution >= 4 is 5.91 Å². The molecule has 0 bridgehead atoms. The van der Waals surface area contributed by atoms with E-state index in [9.17, 15) is 4.79 Å². The molecular formula is C12H24N2O2. The zero-order valence-corrected chi connectivity index (χ0v) is 10.4. The van der Waals surface area contributed by atoms with E-state index in [1.165, 1.54) is 6.42 Å². The highest BCUT2D eigenvalue weighted by Gasteiger charge is 2.30. The van der Waals surface area contributed by atoms with Gasteiger partial charge in [-0.05, 0) is 32.7 Å². The van der Waals surface area contributed by atoms with Crippen molar-refractivity contribution in [1.29, 1.82) is 0 Å². The third-order valence-electron chi connectivity index (χ3n) is 3.29. The second-order valence-electron chi connectivity index (χ2n) is 4.65. The number of aliphatic hydroxyl groups is 1. The minimum atomic E-state index is 0.0318. The fourth-order valence-electron chi connectivity index (χ4n) is 2.09. The molecule has 1 fully saturated rings. The summed E-state index contributed by atoms with van der Waals surface area (Å²) in [7, 11) is 1.87. The average Bonchev–Trinajstić information content (AvgIpc) is 2.20. The lowest BCUT2D eigenvalue weighted by atomic mass is 9.90. The van der Waals surface area contributed by atoms with E-state index in [4.69, 9.17) is 5.11 Å². The predicted molar refractivity (Wildman–Crippen MR) is 64.1 cm³/mol. The molecule has 1 saturated carbocycles. The standard InChI is InChI=1S/C12H24N2O2/c1-10(9-13-2)12(16)14(7-4-8-15)11-5-3-6-11/h10-11,13,15H,3-9H2,1-2H3. The number of nitrogens with zero attached hydrogens (tertiary/aromatic N) is 1. The van der Waals surface area contributed by atoms with Gasteiger partial charge in [-0.1, -0.05) is 6.92 Å². The molecule has 0 aliphatic heterocycles. The quantitative estimate of drug-likeness (QED) is 0.671. The Morgan fingerprint density at radius 1 is 1.56 bits per heavy atom. The first-order valence-electron chi connectivity index (χ1n) is 6.26. The van der Waals surface area contributed by atoms with Crippen LogP contribution in [0.1, 0.15) is 32.6 Å². The lowest BCUT2D eigenvalue weighted by Gasteiger charge is -2.39. The topological polar surface area (TPSA) is 52.6 Å². The Morgan fingerprint density at radius 3 is 2.69 bits per heavy atom. The van der Waals surface area contributed by atoms with E-state index in [0.717, 1.165) is 19.4 Å². The van der Waals surface area contributed by atoms with Crippen molar-refractivity contribution in [2.24, 2.45) is 5.92 Å².